The number of rotatable bonds is 4. The first-order valence-corrected chi connectivity index (χ1v) is 17.4. The molecule has 0 N–H and O–H groups in total. The quantitative estimate of drug-likeness (QED) is 0.186. The molecule has 0 aliphatic carbocycles. The molecule has 3 heterocycles. The average Bonchev–Trinajstić information content (AvgIpc) is 3.84. The summed E-state index contributed by atoms with van der Waals surface area (Å²) in [5.74, 6) is 0. The molecule has 11 aromatic rings. The van der Waals surface area contributed by atoms with E-state index in [1.165, 1.54) is 66.0 Å². The zero-order chi connectivity index (χ0) is 33.5. The van der Waals surface area contributed by atoms with Gasteiger partial charge in [-0.1, -0.05) is 109 Å². The van der Waals surface area contributed by atoms with E-state index in [9.17, 15) is 0 Å². The van der Waals surface area contributed by atoms with Gasteiger partial charge >= 0.3 is 0 Å². The molecule has 0 radical (unpaired) electrons. The maximum absolute atomic E-state index is 6.41. The number of furan rings is 1. The molecule has 0 amide bonds. The van der Waals surface area contributed by atoms with Crippen LogP contribution in [0.2, 0.25) is 0 Å². The summed E-state index contributed by atoms with van der Waals surface area (Å²) in [6.45, 7) is 0. The molecule has 238 valence electrons. The van der Waals surface area contributed by atoms with Gasteiger partial charge < -0.3 is 13.6 Å². The van der Waals surface area contributed by atoms with Crippen LogP contribution in [0.5, 0.6) is 0 Å². The van der Waals surface area contributed by atoms with Crippen LogP contribution in [0, 0.1) is 0 Å². The third kappa shape index (κ3) is 4.25. The second-order valence-electron chi connectivity index (χ2n) is 13.4. The summed E-state index contributed by atoms with van der Waals surface area (Å²) >= 11 is 0. The SMILES string of the molecule is c1ccc(-c2ccc(-n3c4ccc(-c5ccc6c(c5)c5ccccc5n6-c5ccccc5)cc4c4cc5c(cc43)oc3ccccc35)cc2)cc1. The number of hydrogen-bond acceptors (Lipinski definition) is 1. The second kappa shape index (κ2) is 10.8. The Hall–Kier alpha value is -6.84. The minimum atomic E-state index is 0.897. The van der Waals surface area contributed by atoms with Crippen LogP contribution in [0.4, 0.5) is 0 Å². The Bertz CT molecular complexity index is 3110. The van der Waals surface area contributed by atoms with Gasteiger partial charge in [0.1, 0.15) is 11.2 Å². The summed E-state index contributed by atoms with van der Waals surface area (Å²) < 4.78 is 11.2. The number of nitrogens with zero attached hydrogens (tertiary/aromatic N) is 2. The second-order valence-corrected chi connectivity index (χ2v) is 13.4. The van der Waals surface area contributed by atoms with Gasteiger partial charge in [-0.15, -0.1) is 0 Å². The zero-order valence-corrected chi connectivity index (χ0v) is 27.6. The summed E-state index contributed by atoms with van der Waals surface area (Å²) in [7, 11) is 0. The number of para-hydroxylation sites is 3. The van der Waals surface area contributed by atoms with E-state index < -0.39 is 0 Å². The van der Waals surface area contributed by atoms with E-state index >= 15 is 0 Å². The van der Waals surface area contributed by atoms with Gasteiger partial charge in [0.25, 0.3) is 0 Å². The van der Waals surface area contributed by atoms with Crippen LogP contribution in [0.15, 0.2) is 186 Å². The van der Waals surface area contributed by atoms with Gasteiger partial charge in [-0.05, 0) is 89.0 Å². The Morgan fingerprint density at radius 1 is 0.275 bits per heavy atom. The average molecular weight is 651 g/mol. The van der Waals surface area contributed by atoms with E-state index in [4.69, 9.17) is 4.42 Å². The van der Waals surface area contributed by atoms with Gasteiger partial charge in [0.05, 0.1) is 22.1 Å². The lowest BCUT2D eigenvalue weighted by atomic mass is 10.00. The van der Waals surface area contributed by atoms with Crippen molar-refractivity contribution in [2.75, 3.05) is 0 Å². The largest absolute Gasteiger partial charge is 0.456 e. The van der Waals surface area contributed by atoms with Crippen LogP contribution in [0.1, 0.15) is 0 Å². The van der Waals surface area contributed by atoms with E-state index in [1.54, 1.807) is 0 Å². The van der Waals surface area contributed by atoms with Crippen molar-refractivity contribution in [3.05, 3.63) is 182 Å². The monoisotopic (exact) mass is 650 g/mol. The molecule has 0 unspecified atom stereocenters. The topological polar surface area (TPSA) is 23.0 Å². The number of hydrogen-bond donors (Lipinski definition) is 0. The number of aromatic nitrogens is 2. The van der Waals surface area contributed by atoms with Gasteiger partial charge in [0.15, 0.2) is 0 Å². The molecule has 0 saturated heterocycles. The fourth-order valence-corrected chi connectivity index (χ4v) is 8.14. The molecule has 11 rings (SSSR count). The van der Waals surface area contributed by atoms with E-state index in [0.717, 1.165) is 33.1 Å². The molecular weight excluding hydrogens is 621 g/mol. The molecule has 8 aromatic carbocycles. The Labute approximate surface area is 293 Å². The van der Waals surface area contributed by atoms with Crippen molar-refractivity contribution in [2.45, 2.75) is 0 Å². The predicted molar refractivity (Wildman–Crippen MR) is 213 cm³/mol. The Balaban J connectivity index is 1.14. The molecule has 0 saturated carbocycles. The lowest BCUT2D eigenvalue weighted by Crippen LogP contribution is -1.94. The molecule has 0 spiro atoms. The molecule has 0 fully saturated rings. The molecule has 51 heavy (non-hydrogen) atoms. The molecule has 3 aromatic heterocycles. The highest BCUT2D eigenvalue weighted by Crippen LogP contribution is 2.41. The molecule has 0 aliphatic heterocycles. The first-order chi connectivity index (χ1) is 25.3. The highest BCUT2D eigenvalue weighted by atomic mass is 16.3. The summed E-state index contributed by atoms with van der Waals surface area (Å²) in [4.78, 5) is 0. The summed E-state index contributed by atoms with van der Waals surface area (Å²) in [5, 5.41) is 7.20. The fourth-order valence-electron chi connectivity index (χ4n) is 8.14. The van der Waals surface area contributed by atoms with E-state index in [-0.39, 0.29) is 0 Å². The predicted octanol–water partition coefficient (Wildman–Crippen LogP) is 13.1. The van der Waals surface area contributed by atoms with Crippen molar-refractivity contribution in [1.29, 1.82) is 0 Å². The van der Waals surface area contributed by atoms with Gasteiger partial charge in [-0.2, -0.15) is 0 Å². The van der Waals surface area contributed by atoms with Crippen molar-refractivity contribution in [3.63, 3.8) is 0 Å². The third-order valence-electron chi connectivity index (χ3n) is 10.5. The Morgan fingerprint density at radius 2 is 0.784 bits per heavy atom. The van der Waals surface area contributed by atoms with Crippen LogP contribution < -0.4 is 0 Å². The van der Waals surface area contributed by atoms with Crippen LogP contribution >= 0.6 is 0 Å². The van der Waals surface area contributed by atoms with Gasteiger partial charge in [0, 0.05) is 49.8 Å². The van der Waals surface area contributed by atoms with E-state index in [2.05, 4.69) is 185 Å². The number of fused-ring (bicyclic) bond motifs is 9. The number of benzene rings is 8. The van der Waals surface area contributed by atoms with E-state index in [0.29, 0.717) is 0 Å². The highest BCUT2D eigenvalue weighted by molar-refractivity contribution is 6.18. The normalized spacial score (nSPS) is 11.9. The molecular formula is C48H30N2O. The van der Waals surface area contributed by atoms with Crippen molar-refractivity contribution in [1.82, 2.24) is 9.13 Å². The minimum Gasteiger partial charge on any atom is -0.456 e. The lowest BCUT2D eigenvalue weighted by molar-refractivity contribution is 0.669. The summed E-state index contributed by atoms with van der Waals surface area (Å²) in [5.41, 5.74) is 13.6. The van der Waals surface area contributed by atoms with Crippen LogP contribution in [-0.2, 0) is 0 Å². The lowest BCUT2D eigenvalue weighted by Gasteiger charge is -2.10. The molecule has 3 nitrogen and oxygen atoms in total. The van der Waals surface area contributed by atoms with Crippen molar-refractivity contribution < 1.29 is 4.42 Å². The molecule has 0 atom stereocenters. The van der Waals surface area contributed by atoms with Crippen molar-refractivity contribution in [2.24, 2.45) is 0 Å². The third-order valence-corrected chi connectivity index (χ3v) is 10.5. The van der Waals surface area contributed by atoms with Crippen molar-refractivity contribution >= 4 is 65.6 Å². The van der Waals surface area contributed by atoms with Gasteiger partial charge in [0.2, 0.25) is 0 Å². The molecule has 0 aliphatic rings. The summed E-state index contributed by atoms with van der Waals surface area (Å²) in [6.07, 6.45) is 0. The zero-order valence-electron chi connectivity index (χ0n) is 27.6. The highest BCUT2D eigenvalue weighted by Gasteiger charge is 2.18. The first-order valence-electron chi connectivity index (χ1n) is 17.4. The summed E-state index contributed by atoms with van der Waals surface area (Å²) in [6, 6.07) is 65.5. The van der Waals surface area contributed by atoms with Crippen LogP contribution in [0.25, 0.3) is 99.2 Å². The first kappa shape index (κ1) is 28.0. The van der Waals surface area contributed by atoms with Crippen molar-refractivity contribution in [3.8, 4) is 33.6 Å². The molecule has 0 bridgehead atoms. The van der Waals surface area contributed by atoms with Gasteiger partial charge in [-0.25, -0.2) is 0 Å². The van der Waals surface area contributed by atoms with E-state index in [1.807, 2.05) is 6.07 Å². The smallest absolute Gasteiger partial charge is 0.137 e. The van der Waals surface area contributed by atoms with Crippen LogP contribution in [-0.4, -0.2) is 9.13 Å². The maximum atomic E-state index is 6.41. The van der Waals surface area contributed by atoms with Crippen LogP contribution in [0.3, 0.4) is 0 Å². The minimum absolute atomic E-state index is 0.897. The standard InChI is InChI=1S/C48H30N2O/c1-3-11-31(12-4-1)32-19-23-36(24-20-32)50-45-26-22-34(28-40(45)41-29-42-38-16-8-10-18-47(38)51-48(42)30-46(41)50)33-21-25-44-39(27-33)37-15-7-9-17-43(37)49(44)35-13-5-2-6-14-35/h1-30H. The maximum Gasteiger partial charge on any atom is 0.137 e. The molecule has 3 heteroatoms. The Morgan fingerprint density at radius 3 is 1.53 bits per heavy atom. The fraction of sp³-hybridized carbons (Fsp3) is 0. The van der Waals surface area contributed by atoms with Gasteiger partial charge in [-0.3, -0.25) is 0 Å². The Kier molecular flexibility index (Phi) is 5.96.